The first-order valence-electron chi connectivity index (χ1n) is 8.89. The van der Waals surface area contributed by atoms with Crippen LogP contribution in [0.15, 0.2) is 59.2 Å². The van der Waals surface area contributed by atoms with E-state index in [0.29, 0.717) is 22.3 Å². The smallest absolute Gasteiger partial charge is 0.344 e. The van der Waals surface area contributed by atoms with Crippen molar-refractivity contribution in [3.8, 4) is 22.8 Å². The predicted octanol–water partition coefficient (Wildman–Crippen LogP) is 5.16. The Morgan fingerprint density at radius 3 is 2.69 bits per heavy atom. The number of hydrogen-bond acceptors (Lipinski definition) is 6. The molecular weight excluding hydrogens is 394 g/mol. The zero-order valence-corrected chi connectivity index (χ0v) is 16.8. The Labute approximate surface area is 173 Å². The van der Waals surface area contributed by atoms with Gasteiger partial charge in [0.1, 0.15) is 0 Å². The second-order valence-corrected chi connectivity index (χ2v) is 6.42. The molecule has 0 amide bonds. The van der Waals surface area contributed by atoms with Crippen molar-refractivity contribution in [3.05, 3.63) is 71.2 Å². The number of hydrogen-bond donors (Lipinski definition) is 0. The van der Waals surface area contributed by atoms with Gasteiger partial charge in [0, 0.05) is 10.6 Å². The van der Waals surface area contributed by atoms with Crippen molar-refractivity contribution in [2.45, 2.75) is 13.5 Å². The second-order valence-electron chi connectivity index (χ2n) is 5.98. The van der Waals surface area contributed by atoms with Crippen molar-refractivity contribution < 1.29 is 23.4 Å². The normalized spacial score (nSPS) is 10.9. The van der Waals surface area contributed by atoms with Gasteiger partial charge in [0.15, 0.2) is 30.5 Å². The van der Waals surface area contributed by atoms with Crippen LogP contribution in [0.3, 0.4) is 0 Å². The van der Waals surface area contributed by atoms with Gasteiger partial charge in [-0.2, -0.15) is 0 Å². The molecule has 3 aromatic rings. The van der Waals surface area contributed by atoms with E-state index in [4.69, 9.17) is 30.2 Å². The fraction of sp³-hybridized carbons (Fsp3) is 0.182. The minimum atomic E-state index is -0.546. The predicted molar refractivity (Wildman–Crippen MR) is 110 cm³/mol. The molecule has 0 atom stereocenters. The number of carbonyl (C=O) groups is 1. The number of benzene rings is 2. The maximum Gasteiger partial charge on any atom is 0.344 e. The number of nitrogens with zero attached hydrogens (tertiary/aromatic N) is 1. The van der Waals surface area contributed by atoms with Gasteiger partial charge in [-0.05, 0) is 48.9 Å². The molecule has 0 aliphatic carbocycles. The van der Waals surface area contributed by atoms with E-state index >= 15 is 0 Å². The summed E-state index contributed by atoms with van der Waals surface area (Å²) >= 11 is 5.88. The van der Waals surface area contributed by atoms with Crippen molar-refractivity contribution in [1.29, 1.82) is 0 Å². The van der Waals surface area contributed by atoms with Crippen LogP contribution >= 0.6 is 11.6 Å². The highest BCUT2D eigenvalue weighted by Gasteiger charge is 2.12. The molecule has 3 rings (SSSR count). The third-order valence-corrected chi connectivity index (χ3v) is 4.18. The highest BCUT2D eigenvalue weighted by molar-refractivity contribution is 6.30. The Morgan fingerprint density at radius 1 is 1.17 bits per heavy atom. The lowest BCUT2D eigenvalue weighted by molar-refractivity contribution is -0.148. The Balaban J connectivity index is 1.52. The van der Waals surface area contributed by atoms with Crippen LogP contribution in [0.4, 0.5) is 0 Å². The zero-order valence-electron chi connectivity index (χ0n) is 16.1. The Morgan fingerprint density at radius 2 is 1.97 bits per heavy atom. The summed E-state index contributed by atoms with van der Waals surface area (Å²) in [5.74, 6) is 1.30. The number of halogens is 1. The molecule has 0 N–H and O–H groups in total. The number of esters is 1. The standard InChI is InChI=1S/C22H20ClNO5/c1-3-4-15-5-10-18(19(11-15)26-2)27-14-22(25)28-13-21-24-12-20(29-21)16-6-8-17(23)9-7-16/h3-12H,13-14H2,1-2H3/b4-3+. The average molecular weight is 414 g/mol. The van der Waals surface area contributed by atoms with Crippen LogP contribution < -0.4 is 9.47 Å². The SMILES string of the molecule is C/C=C/c1ccc(OCC(=O)OCc2ncc(-c3ccc(Cl)cc3)o2)c(OC)c1. The summed E-state index contributed by atoms with van der Waals surface area (Å²) in [5, 5.41) is 0.635. The molecule has 2 aromatic carbocycles. The number of aromatic nitrogens is 1. The van der Waals surface area contributed by atoms with Gasteiger partial charge in [0.05, 0.1) is 13.3 Å². The third-order valence-electron chi connectivity index (χ3n) is 3.93. The minimum Gasteiger partial charge on any atom is -0.493 e. The van der Waals surface area contributed by atoms with Crippen LogP contribution in [-0.2, 0) is 16.1 Å². The van der Waals surface area contributed by atoms with Gasteiger partial charge in [-0.15, -0.1) is 0 Å². The highest BCUT2D eigenvalue weighted by Crippen LogP contribution is 2.28. The van der Waals surface area contributed by atoms with Crippen molar-refractivity contribution in [3.63, 3.8) is 0 Å². The van der Waals surface area contributed by atoms with Gasteiger partial charge < -0.3 is 18.6 Å². The van der Waals surface area contributed by atoms with Gasteiger partial charge in [0.25, 0.3) is 0 Å². The molecular formula is C22H20ClNO5. The van der Waals surface area contributed by atoms with Gasteiger partial charge in [0.2, 0.25) is 5.89 Å². The van der Waals surface area contributed by atoms with Crippen LogP contribution in [0, 0.1) is 0 Å². The van der Waals surface area contributed by atoms with Crippen LogP contribution in [0.1, 0.15) is 18.4 Å². The maximum atomic E-state index is 12.0. The fourth-order valence-electron chi connectivity index (χ4n) is 2.54. The average Bonchev–Trinajstić information content (AvgIpc) is 3.21. The maximum absolute atomic E-state index is 12.0. The lowest BCUT2D eigenvalue weighted by Gasteiger charge is -2.11. The van der Waals surface area contributed by atoms with Gasteiger partial charge in [-0.3, -0.25) is 0 Å². The van der Waals surface area contributed by atoms with Crippen molar-refractivity contribution >= 4 is 23.6 Å². The molecule has 0 spiro atoms. The largest absolute Gasteiger partial charge is 0.493 e. The molecule has 29 heavy (non-hydrogen) atoms. The number of ether oxygens (including phenoxy) is 3. The Kier molecular flexibility index (Phi) is 6.92. The topological polar surface area (TPSA) is 70.8 Å². The second kappa shape index (κ2) is 9.80. The molecule has 0 bridgehead atoms. The molecule has 0 saturated carbocycles. The van der Waals surface area contributed by atoms with E-state index in [1.165, 1.54) is 0 Å². The van der Waals surface area contributed by atoms with E-state index in [-0.39, 0.29) is 19.1 Å². The number of oxazole rings is 1. The third kappa shape index (κ3) is 5.62. The number of allylic oxidation sites excluding steroid dienone is 1. The fourth-order valence-corrected chi connectivity index (χ4v) is 2.67. The van der Waals surface area contributed by atoms with E-state index in [9.17, 15) is 4.79 Å². The van der Waals surface area contributed by atoms with E-state index in [1.54, 1.807) is 31.5 Å². The first kappa shape index (κ1) is 20.5. The quantitative estimate of drug-likeness (QED) is 0.475. The monoisotopic (exact) mass is 413 g/mol. The molecule has 150 valence electrons. The molecule has 0 saturated heterocycles. The van der Waals surface area contributed by atoms with Crippen LogP contribution in [0.2, 0.25) is 5.02 Å². The molecule has 1 aromatic heterocycles. The molecule has 6 nitrogen and oxygen atoms in total. The summed E-state index contributed by atoms with van der Waals surface area (Å²) in [5.41, 5.74) is 1.80. The van der Waals surface area contributed by atoms with Crippen LogP contribution in [0.5, 0.6) is 11.5 Å². The summed E-state index contributed by atoms with van der Waals surface area (Å²) in [6.45, 7) is 1.58. The van der Waals surface area contributed by atoms with Crippen molar-refractivity contribution in [2.24, 2.45) is 0 Å². The van der Waals surface area contributed by atoms with Gasteiger partial charge in [-0.25, -0.2) is 9.78 Å². The molecule has 7 heteroatoms. The molecule has 0 aliphatic heterocycles. The lowest BCUT2D eigenvalue weighted by Crippen LogP contribution is -2.15. The molecule has 1 heterocycles. The summed E-state index contributed by atoms with van der Waals surface area (Å²) < 4.78 is 21.6. The van der Waals surface area contributed by atoms with E-state index < -0.39 is 5.97 Å². The molecule has 0 fully saturated rings. The zero-order chi connectivity index (χ0) is 20.6. The van der Waals surface area contributed by atoms with E-state index in [2.05, 4.69) is 4.98 Å². The molecule has 0 unspecified atom stereocenters. The minimum absolute atomic E-state index is 0.0901. The lowest BCUT2D eigenvalue weighted by atomic mass is 10.2. The van der Waals surface area contributed by atoms with Gasteiger partial charge in [-0.1, -0.05) is 29.8 Å². The van der Waals surface area contributed by atoms with Crippen molar-refractivity contribution in [1.82, 2.24) is 4.98 Å². The number of carbonyl (C=O) groups excluding carboxylic acids is 1. The number of methoxy groups -OCH3 is 1. The summed E-state index contributed by atoms with van der Waals surface area (Å²) in [6, 6.07) is 12.6. The van der Waals surface area contributed by atoms with E-state index in [1.807, 2.05) is 43.3 Å². The van der Waals surface area contributed by atoms with E-state index in [0.717, 1.165) is 11.1 Å². The Hall–Kier alpha value is -3.25. The van der Waals surface area contributed by atoms with Crippen molar-refractivity contribution in [2.75, 3.05) is 13.7 Å². The Bertz CT molecular complexity index is 995. The van der Waals surface area contributed by atoms with Crippen LogP contribution in [0.25, 0.3) is 17.4 Å². The van der Waals surface area contributed by atoms with Gasteiger partial charge >= 0.3 is 5.97 Å². The molecule has 0 aliphatic rings. The highest BCUT2D eigenvalue weighted by atomic mass is 35.5. The molecule has 0 radical (unpaired) electrons. The first-order valence-corrected chi connectivity index (χ1v) is 9.26. The van der Waals surface area contributed by atoms with Crippen LogP contribution in [-0.4, -0.2) is 24.7 Å². The number of rotatable bonds is 8. The summed E-state index contributed by atoms with van der Waals surface area (Å²) in [4.78, 5) is 16.1. The first-order chi connectivity index (χ1) is 14.1. The summed E-state index contributed by atoms with van der Waals surface area (Å²) in [7, 11) is 1.54. The summed E-state index contributed by atoms with van der Waals surface area (Å²) in [6.07, 6.45) is 5.43.